The summed E-state index contributed by atoms with van der Waals surface area (Å²) in [6, 6.07) is 18.2. The first-order chi connectivity index (χ1) is 8.31. The van der Waals surface area contributed by atoms with Crippen LogP contribution in [0, 0.1) is 0 Å². The van der Waals surface area contributed by atoms with E-state index in [1.807, 2.05) is 49.4 Å². The van der Waals surface area contributed by atoms with E-state index in [-0.39, 0.29) is 0 Å². The van der Waals surface area contributed by atoms with E-state index in [0.29, 0.717) is 6.61 Å². The van der Waals surface area contributed by atoms with E-state index < -0.39 is 7.27 Å². The van der Waals surface area contributed by atoms with Gasteiger partial charge in [-0.15, -0.1) is 0 Å². The summed E-state index contributed by atoms with van der Waals surface area (Å²) in [5, 5.41) is 2.29. The Labute approximate surface area is 108 Å². The van der Waals surface area contributed by atoms with E-state index in [1.54, 1.807) is 0 Å². The lowest BCUT2D eigenvalue weighted by Gasteiger charge is -2.11. The molecule has 1 unspecified atom stereocenters. The Morgan fingerprint density at radius 3 is 2.41 bits per heavy atom. The molecule has 2 aromatic rings. The molecule has 88 valence electrons. The summed E-state index contributed by atoms with van der Waals surface area (Å²) < 4.78 is 5.48. The Morgan fingerprint density at radius 1 is 1.00 bits per heavy atom. The van der Waals surface area contributed by atoms with Crippen LogP contribution in [0.3, 0.4) is 0 Å². The van der Waals surface area contributed by atoms with Gasteiger partial charge in [0.1, 0.15) is 5.75 Å². The van der Waals surface area contributed by atoms with Crippen molar-refractivity contribution < 1.29 is 4.74 Å². The highest BCUT2D eigenvalue weighted by Gasteiger charge is 2.10. The zero-order chi connectivity index (χ0) is 12.1. The maximum absolute atomic E-state index is 6.51. The first-order valence-electron chi connectivity index (χ1n) is 5.55. The molecule has 0 bridgehead atoms. The summed E-state index contributed by atoms with van der Waals surface area (Å²) in [5.41, 5.74) is 0. The smallest absolute Gasteiger partial charge is 0.119 e. The van der Waals surface area contributed by atoms with Crippen LogP contribution in [0.25, 0.3) is 0 Å². The average molecular weight is 265 g/mol. The lowest BCUT2D eigenvalue weighted by molar-refractivity contribution is 0.340. The maximum atomic E-state index is 6.51. The minimum absolute atomic E-state index is 0.676. The van der Waals surface area contributed by atoms with Crippen LogP contribution >= 0.6 is 18.5 Å². The third kappa shape index (κ3) is 3.21. The molecule has 1 nitrogen and oxygen atoms in total. The van der Waals surface area contributed by atoms with Crippen molar-refractivity contribution >= 4 is 29.1 Å². The van der Waals surface area contributed by atoms with Crippen molar-refractivity contribution in [2.45, 2.75) is 6.92 Å². The van der Waals surface area contributed by atoms with Crippen LogP contribution in [-0.2, 0) is 0 Å². The normalized spacial score (nSPS) is 12.1. The number of hydrogen-bond acceptors (Lipinski definition) is 1. The summed E-state index contributed by atoms with van der Waals surface area (Å²) >= 11 is 6.51. The zero-order valence-corrected chi connectivity index (χ0v) is 11.3. The molecular weight excluding hydrogens is 251 g/mol. The van der Waals surface area contributed by atoms with Crippen LogP contribution in [0.4, 0.5) is 0 Å². The highest BCUT2D eigenvalue weighted by Crippen LogP contribution is 2.39. The number of ether oxygens (including phenoxy) is 1. The first-order valence-corrected chi connectivity index (χ1v) is 7.79. The second-order valence-electron chi connectivity index (χ2n) is 3.55. The minimum atomic E-state index is -0.805. The molecule has 0 spiro atoms. The topological polar surface area (TPSA) is 9.23 Å². The third-order valence-electron chi connectivity index (χ3n) is 2.34. The van der Waals surface area contributed by atoms with E-state index in [2.05, 4.69) is 12.1 Å². The van der Waals surface area contributed by atoms with Gasteiger partial charge in [-0.05, 0) is 29.7 Å². The predicted molar refractivity (Wildman–Crippen MR) is 76.1 cm³/mol. The van der Waals surface area contributed by atoms with Crippen molar-refractivity contribution in [3.8, 4) is 5.75 Å². The molecule has 0 saturated heterocycles. The lowest BCUT2D eigenvalue weighted by Crippen LogP contribution is -2.08. The molecule has 17 heavy (non-hydrogen) atoms. The molecule has 1 atom stereocenters. The van der Waals surface area contributed by atoms with Crippen LogP contribution in [0.1, 0.15) is 6.92 Å². The van der Waals surface area contributed by atoms with E-state index in [0.717, 1.165) is 16.4 Å². The first kappa shape index (κ1) is 12.4. The quantitative estimate of drug-likeness (QED) is 0.766. The fourth-order valence-electron chi connectivity index (χ4n) is 1.57. The van der Waals surface area contributed by atoms with Gasteiger partial charge in [-0.1, -0.05) is 53.7 Å². The maximum Gasteiger partial charge on any atom is 0.119 e. The molecule has 0 fully saturated rings. The van der Waals surface area contributed by atoms with Gasteiger partial charge < -0.3 is 4.74 Å². The molecule has 0 amide bonds. The Kier molecular flexibility index (Phi) is 4.42. The van der Waals surface area contributed by atoms with Crippen LogP contribution in [0.2, 0.25) is 0 Å². The minimum Gasteiger partial charge on any atom is -0.494 e. The molecule has 0 heterocycles. The number of halogens is 1. The van der Waals surface area contributed by atoms with E-state index in [9.17, 15) is 0 Å². The largest absolute Gasteiger partial charge is 0.494 e. The summed E-state index contributed by atoms with van der Waals surface area (Å²) in [4.78, 5) is 0. The van der Waals surface area contributed by atoms with Gasteiger partial charge in [0.2, 0.25) is 0 Å². The van der Waals surface area contributed by atoms with E-state index in [1.165, 1.54) is 0 Å². The fourth-order valence-corrected chi connectivity index (χ4v) is 3.41. The van der Waals surface area contributed by atoms with Gasteiger partial charge >= 0.3 is 0 Å². The van der Waals surface area contributed by atoms with Gasteiger partial charge in [0, 0.05) is 0 Å². The number of benzene rings is 2. The van der Waals surface area contributed by atoms with Crippen molar-refractivity contribution in [1.82, 2.24) is 0 Å². The molecule has 0 aliphatic carbocycles. The van der Waals surface area contributed by atoms with Crippen LogP contribution in [-0.4, -0.2) is 6.61 Å². The highest BCUT2D eigenvalue weighted by atomic mass is 35.7. The molecule has 3 heteroatoms. The molecule has 2 aromatic carbocycles. The second kappa shape index (κ2) is 6.05. The summed E-state index contributed by atoms with van der Waals surface area (Å²) in [6.07, 6.45) is 0. The molecule has 0 aliphatic rings. The van der Waals surface area contributed by atoms with Gasteiger partial charge in [0.05, 0.1) is 13.9 Å². The van der Waals surface area contributed by atoms with Gasteiger partial charge in [-0.25, -0.2) is 0 Å². The van der Waals surface area contributed by atoms with E-state index in [4.69, 9.17) is 16.0 Å². The van der Waals surface area contributed by atoms with Gasteiger partial charge in [-0.2, -0.15) is 0 Å². The summed E-state index contributed by atoms with van der Waals surface area (Å²) in [5.74, 6) is 0.883. The van der Waals surface area contributed by atoms with Crippen LogP contribution < -0.4 is 15.3 Å². The highest BCUT2D eigenvalue weighted by molar-refractivity contribution is 7.95. The standard InChI is InChI=1S/C14H14ClOP/c1-2-16-12-7-6-10-14(11-12)17(15)13-8-4-3-5-9-13/h3-11H,2H2,1H3. The van der Waals surface area contributed by atoms with Crippen LogP contribution in [0.15, 0.2) is 54.6 Å². The molecule has 0 radical (unpaired) electrons. The van der Waals surface area contributed by atoms with Gasteiger partial charge in [0.25, 0.3) is 0 Å². The summed E-state index contributed by atoms with van der Waals surface area (Å²) in [6.45, 7) is 2.66. The molecular formula is C14H14ClOP. The van der Waals surface area contributed by atoms with Crippen molar-refractivity contribution in [2.24, 2.45) is 0 Å². The molecule has 0 aromatic heterocycles. The zero-order valence-electron chi connectivity index (χ0n) is 9.64. The second-order valence-corrected chi connectivity index (χ2v) is 6.16. The van der Waals surface area contributed by atoms with E-state index >= 15 is 0 Å². The SMILES string of the molecule is CCOc1cccc(P(Cl)c2ccccc2)c1. The van der Waals surface area contributed by atoms with Gasteiger partial charge in [0.15, 0.2) is 0 Å². The molecule has 2 rings (SSSR count). The molecule has 0 saturated carbocycles. The van der Waals surface area contributed by atoms with Crippen molar-refractivity contribution in [3.63, 3.8) is 0 Å². The van der Waals surface area contributed by atoms with Crippen molar-refractivity contribution in [2.75, 3.05) is 6.61 Å². The Morgan fingerprint density at radius 2 is 1.71 bits per heavy atom. The Bertz CT molecular complexity index is 473. The number of hydrogen-bond donors (Lipinski definition) is 0. The van der Waals surface area contributed by atoms with Crippen molar-refractivity contribution in [1.29, 1.82) is 0 Å². The predicted octanol–water partition coefficient (Wildman–Crippen LogP) is 3.67. The Balaban J connectivity index is 2.25. The average Bonchev–Trinajstić information content (AvgIpc) is 2.40. The van der Waals surface area contributed by atoms with Gasteiger partial charge in [-0.3, -0.25) is 0 Å². The third-order valence-corrected chi connectivity index (χ3v) is 4.99. The van der Waals surface area contributed by atoms with Crippen LogP contribution in [0.5, 0.6) is 5.75 Å². The lowest BCUT2D eigenvalue weighted by atomic mass is 10.3. The monoisotopic (exact) mass is 264 g/mol. The summed E-state index contributed by atoms with van der Waals surface area (Å²) in [7, 11) is -0.805. The molecule has 0 N–H and O–H groups in total. The molecule has 0 aliphatic heterocycles. The Hall–Kier alpha value is -1.04. The number of rotatable bonds is 4. The fraction of sp³-hybridized carbons (Fsp3) is 0.143. The van der Waals surface area contributed by atoms with Crippen molar-refractivity contribution in [3.05, 3.63) is 54.6 Å².